The third-order valence-electron chi connectivity index (χ3n) is 2.60. The molecule has 2 aromatic rings. The van der Waals surface area contributed by atoms with Crippen LogP contribution in [0, 0.1) is 0 Å². The molecule has 19 heavy (non-hydrogen) atoms. The van der Waals surface area contributed by atoms with E-state index in [1.165, 1.54) is 0 Å². The summed E-state index contributed by atoms with van der Waals surface area (Å²) in [6.07, 6.45) is 1.99. The largest absolute Gasteiger partial charge is 0.494 e. The van der Waals surface area contributed by atoms with E-state index in [1.807, 2.05) is 31.2 Å². The zero-order chi connectivity index (χ0) is 13.7. The SMILES string of the molecule is CCOc1cccc(C(=O)Cc2ccc(Br)cn2)c1. The number of carbonyl (C=O) groups is 1. The molecule has 0 aliphatic rings. The fourth-order valence-corrected chi connectivity index (χ4v) is 1.94. The maximum atomic E-state index is 12.1. The van der Waals surface area contributed by atoms with Crippen molar-refractivity contribution in [3.63, 3.8) is 0 Å². The number of ketones is 1. The van der Waals surface area contributed by atoms with E-state index < -0.39 is 0 Å². The van der Waals surface area contributed by atoms with Crippen molar-refractivity contribution in [2.24, 2.45) is 0 Å². The van der Waals surface area contributed by atoms with E-state index in [4.69, 9.17) is 4.74 Å². The Labute approximate surface area is 120 Å². The van der Waals surface area contributed by atoms with Crippen LogP contribution in [0.2, 0.25) is 0 Å². The number of carbonyl (C=O) groups excluding carboxylic acids is 1. The number of ether oxygens (including phenoxy) is 1. The summed E-state index contributed by atoms with van der Waals surface area (Å²) in [5.41, 5.74) is 1.41. The summed E-state index contributed by atoms with van der Waals surface area (Å²) in [4.78, 5) is 16.4. The molecule has 0 spiro atoms. The minimum Gasteiger partial charge on any atom is -0.494 e. The first-order chi connectivity index (χ1) is 9.19. The average Bonchev–Trinajstić information content (AvgIpc) is 2.42. The van der Waals surface area contributed by atoms with E-state index in [-0.39, 0.29) is 5.78 Å². The van der Waals surface area contributed by atoms with Gasteiger partial charge in [0.05, 0.1) is 13.0 Å². The van der Waals surface area contributed by atoms with Crippen LogP contribution in [-0.4, -0.2) is 17.4 Å². The van der Waals surface area contributed by atoms with Crippen LogP contribution in [0.3, 0.4) is 0 Å². The summed E-state index contributed by atoms with van der Waals surface area (Å²) in [7, 11) is 0. The molecule has 0 saturated carbocycles. The van der Waals surface area contributed by atoms with Gasteiger partial charge in [-0.3, -0.25) is 9.78 Å². The number of aromatic nitrogens is 1. The Morgan fingerprint density at radius 1 is 1.32 bits per heavy atom. The zero-order valence-electron chi connectivity index (χ0n) is 10.6. The highest BCUT2D eigenvalue weighted by Gasteiger charge is 2.09. The number of hydrogen-bond acceptors (Lipinski definition) is 3. The van der Waals surface area contributed by atoms with E-state index in [2.05, 4.69) is 20.9 Å². The van der Waals surface area contributed by atoms with E-state index in [0.29, 0.717) is 18.6 Å². The lowest BCUT2D eigenvalue weighted by Crippen LogP contribution is -2.05. The number of rotatable bonds is 5. The van der Waals surface area contributed by atoms with Crippen LogP contribution in [0.15, 0.2) is 47.1 Å². The summed E-state index contributed by atoms with van der Waals surface area (Å²) in [6, 6.07) is 11.0. The minimum atomic E-state index is 0.0383. The second-order valence-corrected chi connectivity index (χ2v) is 4.94. The van der Waals surface area contributed by atoms with Gasteiger partial charge in [-0.15, -0.1) is 0 Å². The highest BCUT2D eigenvalue weighted by Crippen LogP contribution is 2.15. The summed E-state index contributed by atoms with van der Waals surface area (Å²) < 4.78 is 6.29. The molecule has 0 aliphatic heterocycles. The molecular weight excluding hydrogens is 306 g/mol. The monoisotopic (exact) mass is 319 g/mol. The van der Waals surface area contributed by atoms with E-state index in [0.717, 1.165) is 15.9 Å². The fourth-order valence-electron chi connectivity index (χ4n) is 1.70. The van der Waals surface area contributed by atoms with Crippen LogP contribution in [-0.2, 0) is 6.42 Å². The van der Waals surface area contributed by atoms with Crippen molar-refractivity contribution in [1.82, 2.24) is 4.98 Å². The van der Waals surface area contributed by atoms with Crippen molar-refractivity contribution in [3.05, 3.63) is 58.3 Å². The molecular formula is C15H14BrNO2. The predicted molar refractivity (Wildman–Crippen MR) is 77.6 cm³/mol. The lowest BCUT2D eigenvalue weighted by Gasteiger charge is -2.05. The van der Waals surface area contributed by atoms with E-state index >= 15 is 0 Å². The Balaban J connectivity index is 2.11. The molecule has 0 bridgehead atoms. The molecule has 1 aromatic heterocycles. The van der Waals surface area contributed by atoms with Gasteiger partial charge >= 0.3 is 0 Å². The van der Waals surface area contributed by atoms with Gasteiger partial charge in [0.1, 0.15) is 5.75 Å². The molecule has 98 valence electrons. The number of benzene rings is 1. The number of halogens is 1. The molecule has 0 amide bonds. The standard InChI is InChI=1S/C15H14BrNO2/c1-2-19-14-5-3-4-11(8-14)15(18)9-13-7-6-12(16)10-17-13/h3-8,10H,2,9H2,1H3. The van der Waals surface area contributed by atoms with Crippen molar-refractivity contribution < 1.29 is 9.53 Å². The van der Waals surface area contributed by atoms with Crippen molar-refractivity contribution in [1.29, 1.82) is 0 Å². The topological polar surface area (TPSA) is 39.2 Å². The fraction of sp³-hybridized carbons (Fsp3) is 0.200. The number of pyridine rings is 1. The Morgan fingerprint density at radius 3 is 2.84 bits per heavy atom. The molecule has 0 saturated heterocycles. The zero-order valence-corrected chi connectivity index (χ0v) is 12.2. The molecule has 1 heterocycles. The van der Waals surface area contributed by atoms with Crippen LogP contribution in [0.4, 0.5) is 0 Å². The van der Waals surface area contributed by atoms with Gasteiger partial charge in [0.15, 0.2) is 5.78 Å². The van der Waals surface area contributed by atoms with Crippen molar-refractivity contribution in [3.8, 4) is 5.75 Å². The van der Waals surface area contributed by atoms with Gasteiger partial charge in [0.25, 0.3) is 0 Å². The smallest absolute Gasteiger partial charge is 0.168 e. The van der Waals surface area contributed by atoms with E-state index in [9.17, 15) is 4.79 Å². The third kappa shape index (κ3) is 3.89. The Bertz CT molecular complexity index is 567. The van der Waals surface area contributed by atoms with Gasteiger partial charge in [-0.2, -0.15) is 0 Å². The maximum absolute atomic E-state index is 12.1. The van der Waals surface area contributed by atoms with Gasteiger partial charge < -0.3 is 4.74 Å². The third-order valence-corrected chi connectivity index (χ3v) is 3.07. The highest BCUT2D eigenvalue weighted by atomic mass is 79.9. The number of Topliss-reactive ketones (excluding diaryl/α,β-unsaturated/α-hetero) is 1. The van der Waals surface area contributed by atoms with Crippen molar-refractivity contribution in [2.75, 3.05) is 6.61 Å². The Hall–Kier alpha value is -1.68. The molecule has 0 fully saturated rings. The lowest BCUT2D eigenvalue weighted by atomic mass is 10.1. The Morgan fingerprint density at radius 2 is 2.16 bits per heavy atom. The normalized spacial score (nSPS) is 10.2. The summed E-state index contributed by atoms with van der Waals surface area (Å²) in [6.45, 7) is 2.51. The summed E-state index contributed by atoms with van der Waals surface area (Å²) in [5.74, 6) is 0.758. The van der Waals surface area contributed by atoms with Crippen LogP contribution >= 0.6 is 15.9 Å². The first-order valence-electron chi connectivity index (χ1n) is 6.05. The number of nitrogens with zero attached hydrogens (tertiary/aromatic N) is 1. The van der Waals surface area contributed by atoms with Crippen molar-refractivity contribution >= 4 is 21.7 Å². The molecule has 2 rings (SSSR count). The Kier molecular flexibility index (Phi) is 4.68. The number of hydrogen-bond donors (Lipinski definition) is 0. The van der Waals surface area contributed by atoms with Crippen molar-refractivity contribution in [2.45, 2.75) is 13.3 Å². The van der Waals surface area contributed by atoms with Crippen LogP contribution in [0.1, 0.15) is 23.0 Å². The predicted octanol–water partition coefficient (Wildman–Crippen LogP) is 3.67. The quantitative estimate of drug-likeness (QED) is 0.789. The molecule has 0 radical (unpaired) electrons. The van der Waals surface area contributed by atoms with E-state index in [1.54, 1.807) is 18.3 Å². The van der Waals surface area contributed by atoms with Gasteiger partial charge in [0.2, 0.25) is 0 Å². The van der Waals surface area contributed by atoms with Gasteiger partial charge in [-0.05, 0) is 47.1 Å². The first kappa shape index (κ1) is 13.7. The molecule has 0 aliphatic carbocycles. The van der Waals surface area contributed by atoms with Gasteiger partial charge in [-0.25, -0.2) is 0 Å². The van der Waals surface area contributed by atoms with Gasteiger partial charge in [-0.1, -0.05) is 12.1 Å². The maximum Gasteiger partial charge on any atom is 0.168 e. The first-order valence-corrected chi connectivity index (χ1v) is 6.85. The van der Waals surface area contributed by atoms with Crippen LogP contribution < -0.4 is 4.74 Å². The highest BCUT2D eigenvalue weighted by molar-refractivity contribution is 9.10. The average molecular weight is 320 g/mol. The van der Waals surface area contributed by atoms with Gasteiger partial charge in [0, 0.05) is 21.9 Å². The molecule has 1 aromatic carbocycles. The molecule has 3 nitrogen and oxygen atoms in total. The minimum absolute atomic E-state index is 0.0383. The second kappa shape index (κ2) is 6.48. The van der Waals surface area contributed by atoms with Crippen LogP contribution in [0.5, 0.6) is 5.75 Å². The second-order valence-electron chi connectivity index (χ2n) is 4.03. The molecule has 0 N–H and O–H groups in total. The molecule has 4 heteroatoms. The molecule has 0 atom stereocenters. The van der Waals surface area contributed by atoms with Crippen LogP contribution in [0.25, 0.3) is 0 Å². The summed E-state index contributed by atoms with van der Waals surface area (Å²) in [5, 5.41) is 0. The summed E-state index contributed by atoms with van der Waals surface area (Å²) >= 11 is 3.32. The lowest BCUT2D eigenvalue weighted by molar-refractivity contribution is 0.0991. The molecule has 0 unspecified atom stereocenters.